The molecule has 2 aromatic heterocycles. The number of aromatic nitrogens is 3. The summed E-state index contributed by atoms with van der Waals surface area (Å²) in [5.41, 5.74) is 2.98. The summed E-state index contributed by atoms with van der Waals surface area (Å²) in [4.78, 5) is 12.9. The van der Waals surface area contributed by atoms with E-state index in [0.29, 0.717) is 11.6 Å². The van der Waals surface area contributed by atoms with Crippen LogP contribution in [0.25, 0.3) is 10.9 Å². The van der Waals surface area contributed by atoms with E-state index in [1.165, 1.54) is 6.33 Å². The second-order valence-corrected chi connectivity index (χ2v) is 5.56. The number of nitrogens with zero attached hydrogens (tertiary/aromatic N) is 3. The van der Waals surface area contributed by atoms with Gasteiger partial charge in [-0.05, 0) is 60.7 Å². The SMILES string of the molecule is Cc1ccc2ncnc(Oc3ccc(C)nc3I)c2c1. The van der Waals surface area contributed by atoms with Crippen LogP contribution in [0.4, 0.5) is 0 Å². The quantitative estimate of drug-likeness (QED) is 0.500. The molecule has 0 N–H and O–H groups in total. The van der Waals surface area contributed by atoms with Gasteiger partial charge in [-0.3, -0.25) is 0 Å². The Bertz CT molecular complexity index is 789. The van der Waals surface area contributed by atoms with Crippen LogP contribution in [0.15, 0.2) is 36.7 Å². The highest BCUT2D eigenvalue weighted by atomic mass is 127. The molecule has 0 bridgehead atoms. The number of ether oxygens (including phenoxy) is 1. The van der Waals surface area contributed by atoms with Crippen LogP contribution in [0.2, 0.25) is 0 Å². The number of benzene rings is 1. The van der Waals surface area contributed by atoms with Crippen LogP contribution in [-0.2, 0) is 0 Å². The Morgan fingerprint density at radius 2 is 1.90 bits per heavy atom. The first-order valence-corrected chi connectivity index (χ1v) is 7.24. The number of fused-ring (bicyclic) bond motifs is 1. The summed E-state index contributed by atoms with van der Waals surface area (Å²) in [5.74, 6) is 1.26. The molecule has 0 amide bonds. The zero-order chi connectivity index (χ0) is 14.1. The van der Waals surface area contributed by atoms with Crippen molar-refractivity contribution < 1.29 is 4.74 Å². The van der Waals surface area contributed by atoms with Crippen molar-refractivity contribution in [3.8, 4) is 11.6 Å². The van der Waals surface area contributed by atoms with Gasteiger partial charge in [0.05, 0.1) is 10.9 Å². The molecule has 20 heavy (non-hydrogen) atoms. The first-order chi connectivity index (χ1) is 9.63. The number of hydrogen-bond donors (Lipinski definition) is 0. The Kier molecular flexibility index (Phi) is 3.52. The molecule has 0 unspecified atom stereocenters. The molecule has 100 valence electrons. The molecule has 0 radical (unpaired) electrons. The average molecular weight is 377 g/mol. The summed E-state index contributed by atoms with van der Waals surface area (Å²) in [6.45, 7) is 3.99. The zero-order valence-corrected chi connectivity index (χ0v) is 13.2. The van der Waals surface area contributed by atoms with E-state index in [9.17, 15) is 0 Å². The maximum absolute atomic E-state index is 5.91. The maximum atomic E-state index is 5.91. The van der Waals surface area contributed by atoms with E-state index in [1.807, 2.05) is 44.2 Å². The van der Waals surface area contributed by atoms with Gasteiger partial charge in [-0.15, -0.1) is 0 Å². The summed E-state index contributed by atoms with van der Waals surface area (Å²) >= 11 is 2.16. The monoisotopic (exact) mass is 377 g/mol. The summed E-state index contributed by atoms with van der Waals surface area (Å²) in [5, 5.41) is 0.906. The number of hydrogen-bond acceptors (Lipinski definition) is 4. The number of aryl methyl sites for hydroxylation is 2. The van der Waals surface area contributed by atoms with Gasteiger partial charge in [0.2, 0.25) is 5.88 Å². The van der Waals surface area contributed by atoms with E-state index in [2.05, 4.69) is 37.5 Å². The molecule has 3 aromatic rings. The summed E-state index contributed by atoms with van der Waals surface area (Å²) in [6, 6.07) is 9.85. The highest BCUT2D eigenvalue weighted by Gasteiger charge is 2.09. The Morgan fingerprint density at radius 3 is 2.70 bits per heavy atom. The number of halogens is 1. The lowest BCUT2D eigenvalue weighted by molar-refractivity contribution is 0.461. The van der Waals surface area contributed by atoms with Gasteiger partial charge in [0.15, 0.2) is 5.75 Å². The normalized spacial score (nSPS) is 10.8. The maximum Gasteiger partial charge on any atom is 0.230 e. The Morgan fingerprint density at radius 1 is 1.05 bits per heavy atom. The third kappa shape index (κ3) is 2.58. The fraction of sp³-hybridized carbons (Fsp3) is 0.133. The van der Waals surface area contributed by atoms with Crippen LogP contribution in [0.5, 0.6) is 11.6 Å². The molecule has 5 heteroatoms. The fourth-order valence-electron chi connectivity index (χ4n) is 1.92. The Balaban J connectivity index is 2.08. The van der Waals surface area contributed by atoms with Crippen LogP contribution >= 0.6 is 22.6 Å². The largest absolute Gasteiger partial charge is 0.435 e. The molecular weight excluding hydrogens is 365 g/mol. The molecule has 0 atom stereocenters. The highest BCUT2D eigenvalue weighted by molar-refractivity contribution is 14.1. The molecule has 0 saturated carbocycles. The molecule has 0 spiro atoms. The first kappa shape index (κ1) is 13.2. The third-order valence-electron chi connectivity index (χ3n) is 2.91. The molecular formula is C15H12IN3O. The Hall–Kier alpha value is -1.76. The Labute approximate surface area is 130 Å². The van der Waals surface area contributed by atoms with Crippen molar-refractivity contribution in [1.29, 1.82) is 0 Å². The van der Waals surface area contributed by atoms with Crippen molar-refractivity contribution in [2.24, 2.45) is 0 Å². The molecule has 0 saturated heterocycles. The second kappa shape index (κ2) is 5.32. The van der Waals surface area contributed by atoms with Crippen molar-refractivity contribution in [3.05, 3.63) is 51.6 Å². The molecule has 4 nitrogen and oxygen atoms in total. The average Bonchev–Trinajstić information content (AvgIpc) is 2.42. The zero-order valence-electron chi connectivity index (χ0n) is 11.1. The number of pyridine rings is 1. The van der Waals surface area contributed by atoms with E-state index in [0.717, 1.165) is 25.9 Å². The third-order valence-corrected chi connectivity index (χ3v) is 3.69. The highest BCUT2D eigenvalue weighted by Crippen LogP contribution is 2.29. The van der Waals surface area contributed by atoms with Gasteiger partial charge >= 0.3 is 0 Å². The molecule has 2 heterocycles. The fourth-order valence-corrected chi connectivity index (χ4v) is 2.59. The van der Waals surface area contributed by atoms with E-state index in [1.54, 1.807) is 0 Å². The lowest BCUT2D eigenvalue weighted by Crippen LogP contribution is -1.95. The van der Waals surface area contributed by atoms with Gasteiger partial charge in [-0.25, -0.2) is 15.0 Å². The van der Waals surface area contributed by atoms with Gasteiger partial charge < -0.3 is 4.74 Å². The summed E-state index contributed by atoms with van der Waals surface area (Å²) in [7, 11) is 0. The molecule has 1 aromatic carbocycles. The van der Waals surface area contributed by atoms with Gasteiger partial charge in [0.1, 0.15) is 10.0 Å². The minimum absolute atomic E-state index is 0.558. The smallest absolute Gasteiger partial charge is 0.230 e. The van der Waals surface area contributed by atoms with E-state index in [-0.39, 0.29) is 0 Å². The second-order valence-electron chi connectivity index (χ2n) is 4.54. The van der Waals surface area contributed by atoms with E-state index >= 15 is 0 Å². The number of rotatable bonds is 2. The van der Waals surface area contributed by atoms with Gasteiger partial charge in [-0.1, -0.05) is 11.6 Å². The van der Waals surface area contributed by atoms with Crippen molar-refractivity contribution in [1.82, 2.24) is 15.0 Å². The van der Waals surface area contributed by atoms with Gasteiger partial charge in [0, 0.05) is 5.69 Å². The van der Waals surface area contributed by atoms with Crippen molar-refractivity contribution in [3.63, 3.8) is 0 Å². The first-order valence-electron chi connectivity index (χ1n) is 6.16. The minimum Gasteiger partial charge on any atom is -0.435 e. The summed E-state index contributed by atoms with van der Waals surface area (Å²) in [6.07, 6.45) is 1.52. The topological polar surface area (TPSA) is 47.9 Å². The predicted molar refractivity (Wildman–Crippen MR) is 86.0 cm³/mol. The lowest BCUT2D eigenvalue weighted by Gasteiger charge is -2.09. The lowest BCUT2D eigenvalue weighted by atomic mass is 10.2. The van der Waals surface area contributed by atoms with Gasteiger partial charge in [0.25, 0.3) is 0 Å². The minimum atomic E-state index is 0.558. The van der Waals surface area contributed by atoms with Crippen LogP contribution in [0.1, 0.15) is 11.3 Å². The molecule has 0 aliphatic rings. The van der Waals surface area contributed by atoms with Crippen molar-refractivity contribution in [2.45, 2.75) is 13.8 Å². The predicted octanol–water partition coefficient (Wildman–Crippen LogP) is 4.04. The van der Waals surface area contributed by atoms with E-state index in [4.69, 9.17) is 4.74 Å². The molecule has 0 aliphatic heterocycles. The van der Waals surface area contributed by atoms with Gasteiger partial charge in [-0.2, -0.15) is 0 Å². The van der Waals surface area contributed by atoms with Crippen LogP contribution in [-0.4, -0.2) is 15.0 Å². The van der Waals surface area contributed by atoms with Crippen molar-refractivity contribution in [2.75, 3.05) is 0 Å². The van der Waals surface area contributed by atoms with Crippen LogP contribution in [0, 0.1) is 17.5 Å². The van der Waals surface area contributed by atoms with Crippen LogP contribution < -0.4 is 4.74 Å². The van der Waals surface area contributed by atoms with Crippen LogP contribution in [0.3, 0.4) is 0 Å². The molecule has 0 fully saturated rings. The van der Waals surface area contributed by atoms with Crippen molar-refractivity contribution >= 4 is 33.5 Å². The standard InChI is InChI=1S/C15H12IN3O/c1-9-3-5-12-11(7-9)15(18-8-17-12)20-13-6-4-10(2)19-14(13)16/h3-8H,1-2H3. The molecule has 3 rings (SSSR count). The van der Waals surface area contributed by atoms with E-state index < -0.39 is 0 Å². The molecule has 0 aliphatic carbocycles. The summed E-state index contributed by atoms with van der Waals surface area (Å²) < 4.78 is 6.73.